The molecule has 7 nitrogen and oxygen atoms in total. The van der Waals surface area contributed by atoms with Crippen molar-refractivity contribution in [1.29, 1.82) is 0 Å². The number of methoxy groups -OCH3 is 1. The zero-order valence-electron chi connectivity index (χ0n) is 6.60. The third kappa shape index (κ3) is 2.52. The normalized spacial score (nSPS) is 9.42. The molecule has 66 valence electrons. The van der Waals surface area contributed by atoms with Crippen molar-refractivity contribution in [3.05, 3.63) is 6.33 Å². The van der Waals surface area contributed by atoms with Gasteiger partial charge in [0.2, 0.25) is 0 Å². The van der Waals surface area contributed by atoms with Crippen molar-refractivity contribution in [2.75, 3.05) is 13.7 Å². The van der Waals surface area contributed by atoms with E-state index in [2.05, 4.69) is 25.6 Å². The number of nitrogens with one attached hydrogen (secondary N) is 1. The van der Waals surface area contributed by atoms with Gasteiger partial charge >= 0.3 is 6.09 Å². The van der Waals surface area contributed by atoms with E-state index in [-0.39, 0.29) is 0 Å². The van der Waals surface area contributed by atoms with Gasteiger partial charge in [-0.2, -0.15) is 0 Å². The molecule has 0 unspecified atom stereocenters. The van der Waals surface area contributed by atoms with E-state index < -0.39 is 6.09 Å². The second-order valence-corrected chi connectivity index (χ2v) is 1.99. The molecule has 0 radical (unpaired) electrons. The zero-order chi connectivity index (χ0) is 8.81. The molecule has 1 aromatic heterocycles. The highest BCUT2D eigenvalue weighted by molar-refractivity contribution is 5.66. The lowest BCUT2D eigenvalue weighted by molar-refractivity contribution is 0.170. The highest BCUT2D eigenvalue weighted by Crippen LogP contribution is 1.76. The van der Waals surface area contributed by atoms with Crippen molar-refractivity contribution in [1.82, 2.24) is 25.5 Å². The average molecular weight is 171 g/mol. The first kappa shape index (κ1) is 8.44. The number of carbonyl (C=O) groups excluding carboxylic acids is 1. The Morgan fingerprint density at radius 2 is 2.58 bits per heavy atom. The minimum Gasteiger partial charge on any atom is -0.453 e. The second kappa shape index (κ2) is 4.27. The fraction of sp³-hybridized carbons (Fsp3) is 0.600. The molecule has 1 N–H and O–H groups in total. The molecule has 0 aliphatic rings. The molecule has 12 heavy (non-hydrogen) atoms. The Labute approximate surface area is 68.7 Å². The Morgan fingerprint density at radius 1 is 1.75 bits per heavy atom. The van der Waals surface area contributed by atoms with Crippen molar-refractivity contribution in [2.45, 2.75) is 6.54 Å². The quantitative estimate of drug-likeness (QED) is 0.632. The van der Waals surface area contributed by atoms with Gasteiger partial charge in [-0.05, 0) is 10.4 Å². The Hall–Kier alpha value is -1.66. The SMILES string of the molecule is COC(=O)NCCn1cnnn1. The summed E-state index contributed by atoms with van der Waals surface area (Å²) >= 11 is 0. The van der Waals surface area contributed by atoms with E-state index in [4.69, 9.17) is 0 Å². The first-order valence-corrected chi connectivity index (χ1v) is 3.35. The van der Waals surface area contributed by atoms with Gasteiger partial charge in [-0.25, -0.2) is 9.48 Å². The lowest BCUT2D eigenvalue weighted by Gasteiger charge is -2.01. The first-order chi connectivity index (χ1) is 5.83. The number of hydrogen-bond acceptors (Lipinski definition) is 5. The van der Waals surface area contributed by atoms with Gasteiger partial charge in [0.05, 0.1) is 13.7 Å². The highest BCUT2D eigenvalue weighted by Gasteiger charge is 1.97. The number of aromatic nitrogens is 4. The number of hydrogen-bond donors (Lipinski definition) is 1. The van der Waals surface area contributed by atoms with Crippen LogP contribution in [0.1, 0.15) is 0 Å². The van der Waals surface area contributed by atoms with Crippen LogP contribution in [0.4, 0.5) is 4.79 Å². The van der Waals surface area contributed by atoms with Gasteiger partial charge in [-0.15, -0.1) is 5.10 Å². The summed E-state index contributed by atoms with van der Waals surface area (Å²) < 4.78 is 5.87. The van der Waals surface area contributed by atoms with Crippen LogP contribution < -0.4 is 5.32 Å². The van der Waals surface area contributed by atoms with Crippen LogP contribution in [0.15, 0.2) is 6.33 Å². The third-order valence-electron chi connectivity index (χ3n) is 1.19. The van der Waals surface area contributed by atoms with Crippen molar-refractivity contribution >= 4 is 6.09 Å². The summed E-state index contributed by atoms with van der Waals surface area (Å²) in [7, 11) is 1.31. The molecule has 0 spiro atoms. The van der Waals surface area contributed by atoms with Gasteiger partial charge in [-0.1, -0.05) is 0 Å². The molecule has 0 saturated carbocycles. The van der Waals surface area contributed by atoms with E-state index in [1.807, 2.05) is 0 Å². The monoisotopic (exact) mass is 171 g/mol. The van der Waals surface area contributed by atoms with Gasteiger partial charge in [0.1, 0.15) is 6.33 Å². The molecular weight excluding hydrogens is 162 g/mol. The van der Waals surface area contributed by atoms with E-state index >= 15 is 0 Å². The summed E-state index contributed by atoms with van der Waals surface area (Å²) in [6, 6.07) is 0. The first-order valence-electron chi connectivity index (χ1n) is 3.35. The van der Waals surface area contributed by atoms with E-state index in [1.54, 1.807) is 0 Å². The van der Waals surface area contributed by atoms with Crippen LogP contribution in [-0.4, -0.2) is 40.0 Å². The van der Waals surface area contributed by atoms with Crippen molar-refractivity contribution < 1.29 is 9.53 Å². The molecule has 1 rings (SSSR count). The number of carbonyl (C=O) groups is 1. The van der Waals surface area contributed by atoms with Gasteiger partial charge in [0, 0.05) is 6.54 Å². The maximum absolute atomic E-state index is 10.5. The number of ether oxygens (including phenoxy) is 1. The molecule has 1 heterocycles. The van der Waals surface area contributed by atoms with Crippen LogP contribution in [0.3, 0.4) is 0 Å². The van der Waals surface area contributed by atoms with Crippen molar-refractivity contribution in [3.63, 3.8) is 0 Å². The van der Waals surface area contributed by atoms with Crippen LogP contribution in [0, 0.1) is 0 Å². The second-order valence-electron chi connectivity index (χ2n) is 1.99. The zero-order valence-corrected chi connectivity index (χ0v) is 6.60. The Kier molecular flexibility index (Phi) is 3.00. The molecule has 0 atom stereocenters. The molecule has 0 aliphatic carbocycles. The molecular formula is C5H9N5O2. The van der Waals surface area contributed by atoms with Crippen LogP contribution in [0.25, 0.3) is 0 Å². The van der Waals surface area contributed by atoms with Crippen LogP contribution in [0.2, 0.25) is 0 Å². The lowest BCUT2D eigenvalue weighted by Crippen LogP contribution is -2.27. The maximum Gasteiger partial charge on any atom is 0.406 e. The molecule has 1 amide bonds. The topological polar surface area (TPSA) is 81.9 Å². The molecule has 0 bridgehead atoms. The third-order valence-corrected chi connectivity index (χ3v) is 1.19. The molecule has 0 fully saturated rings. The maximum atomic E-state index is 10.5. The minimum absolute atomic E-state index is 0.442. The number of rotatable bonds is 3. The number of amides is 1. The fourth-order valence-electron chi connectivity index (χ4n) is 0.627. The summed E-state index contributed by atoms with van der Waals surface area (Å²) in [5.74, 6) is 0. The van der Waals surface area contributed by atoms with Gasteiger partial charge in [0.15, 0.2) is 0 Å². The van der Waals surface area contributed by atoms with Crippen molar-refractivity contribution in [3.8, 4) is 0 Å². The van der Waals surface area contributed by atoms with Gasteiger partial charge in [-0.3, -0.25) is 0 Å². The highest BCUT2D eigenvalue weighted by atomic mass is 16.5. The minimum atomic E-state index is -0.455. The lowest BCUT2D eigenvalue weighted by atomic mass is 10.6. The Bertz CT molecular complexity index is 234. The fourth-order valence-corrected chi connectivity index (χ4v) is 0.627. The molecule has 1 aromatic rings. The number of nitrogens with zero attached hydrogens (tertiary/aromatic N) is 4. The van der Waals surface area contributed by atoms with E-state index in [0.29, 0.717) is 13.1 Å². The van der Waals surface area contributed by atoms with E-state index in [1.165, 1.54) is 18.1 Å². The summed E-state index contributed by atoms with van der Waals surface area (Å²) in [6.07, 6.45) is 1.02. The Balaban J connectivity index is 2.15. The predicted molar refractivity (Wildman–Crippen MR) is 38.2 cm³/mol. The largest absolute Gasteiger partial charge is 0.453 e. The summed E-state index contributed by atoms with van der Waals surface area (Å²) in [5.41, 5.74) is 0. The van der Waals surface area contributed by atoms with Crippen LogP contribution >= 0.6 is 0 Å². The molecule has 0 saturated heterocycles. The van der Waals surface area contributed by atoms with Crippen molar-refractivity contribution in [2.24, 2.45) is 0 Å². The molecule has 0 aliphatic heterocycles. The van der Waals surface area contributed by atoms with Gasteiger partial charge < -0.3 is 10.1 Å². The molecule has 0 aromatic carbocycles. The average Bonchev–Trinajstić information content (AvgIpc) is 2.57. The summed E-state index contributed by atoms with van der Waals surface area (Å²) in [4.78, 5) is 10.5. The number of tetrazole rings is 1. The smallest absolute Gasteiger partial charge is 0.406 e. The van der Waals surface area contributed by atoms with E-state index in [9.17, 15) is 4.79 Å². The van der Waals surface area contributed by atoms with Crippen LogP contribution in [-0.2, 0) is 11.3 Å². The van der Waals surface area contributed by atoms with Crippen LogP contribution in [0.5, 0.6) is 0 Å². The number of alkyl carbamates (subject to hydrolysis) is 1. The Morgan fingerprint density at radius 3 is 3.17 bits per heavy atom. The van der Waals surface area contributed by atoms with E-state index in [0.717, 1.165) is 0 Å². The molecule has 7 heteroatoms. The standard InChI is InChI=1S/C5H9N5O2/c1-12-5(11)6-2-3-10-4-7-8-9-10/h4H,2-3H2,1H3,(H,6,11). The summed E-state index contributed by atoms with van der Waals surface area (Å²) in [5, 5.41) is 13.0. The summed E-state index contributed by atoms with van der Waals surface area (Å²) in [6.45, 7) is 0.972. The predicted octanol–water partition coefficient (Wildman–Crippen LogP) is -0.971. The van der Waals surface area contributed by atoms with Gasteiger partial charge in [0.25, 0.3) is 0 Å².